The first-order chi connectivity index (χ1) is 9.93. The number of nitrogen functional groups attached to an aromatic ring is 1. The minimum absolute atomic E-state index is 0.159. The van der Waals surface area contributed by atoms with E-state index in [4.69, 9.17) is 22.1 Å². The lowest BCUT2D eigenvalue weighted by Crippen LogP contribution is -2.16. The number of nitrogens with one attached hydrogen (secondary N) is 1. The smallest absolute Gasteiger partial charge is 0.262 e. The van der Waals surface area contributed by atoms with E-state index >= 15 is 0 Å². The lowest BCUT2D eigenvalue weighted by atomic mass is 10.1. The normalized spacial score (nSPS) is 10.3. The number of hydrogen-bond acceptors (Lipinski definition) is 3. The van der Waals surface area contributed by atoms with Gasteiger partial charge in [-0.1, -0.05) is 17.7 Å². The van der Waals surface area contributed by atoms with Crippen LogP contribution in [0.3, 0.4) is 0 Å². The Kier molecular flexibility index (Phi) is 4.33. The second-order valence-corrected chi connectivity index (χ2v) is 4.87. The molecule has 0 spiro atoms. The quantitative estimate of drug-likeness (QED) is 0.851. The van der Waals surface area contributed by atoms with E-state index in [1.54, 1.807) is 13.0 Å². The second-order valence-electron chi connectivity index (χ2n) is 4.46. The van der Waals surface area contributed by atoms with E-state index < -0.39 is 11.7 Å². The summed E-state index contributed by atoms with van der Waals surface area (Å²) in [7, 11) is 1.37. The summed E-state index contributed by atoms with van der Waals surface area (Å²) in [5.74, 6) is -1.12. The van der Waals surface area contributed by atoms with E-state index in [0.717, 1.165) is 5.56 Å². The maximum atomic E-state index is 13.8. The zero-order valence-electron chi connectivity index (χ0n) is 11.5. The van der Waals surface area contributed by atoms with Crippen molar-refractivity contribution in [1.82, 2.24) is 0 Å². The Labute approximate surface area is 126 Å². The number of aryl methyl sites for hydroxylation is 1. The van der Waals surface area contributed by atoms with Crippen LogP contribution in [0, 0.1) is 12.7 Å². The van der Waals surface area contributed by atoms with Crippen molar-refractivity contribution in [2.45, 2.75) is 6.92 Å². The van der Waals surface area contributed by atoms with Crippen molar-refractivity contribution < 1.29 is 13.9 Å². The number of benzene rings is 2. The van der Waals surface area contributed by atoms with Gasteiger partial charge in [0.25, 0.3) is 5.91 Å². The SMILES string of the molecule is COc1cccc(F)c1C(=O)Nc1cc(Cl)c(N)cc1C. The summed E-state index contributed by atoms with van der Waals surface area (Å²) in [6.45, 7) is 1.76. The Morgan fingerprint density at radius 3 is 2.76 bits per heavy atom. The molecular formula is C15H14ClFN2O2. The predicted octanol–water partition coefficient (Wildman–Crippen LogP) is 3.63. The van der Waals surface area contributed by atoms with E-state index in [2.05, 4.69) is 5.32 Å². The molecule has 2 aromatic rings. The number of carbonyl (C=O) groups is 1. The first-order valence-electron chi connectivity index (χ1n) is 6.13. The zero-order valence-corrected chi connectivity index (χ0v) is 12.3. The van der Waals surface area contributed by atoms with Gasteiger partial charge in [-0.2, -0.15) is 0 Å². The van der Waals surface area contributed by atoms with Crippen LogP contribution in [0.15, 0.2) is 30.3 Å². The first-order valence-corrected chi connectivity index (χ1v) is 6.51. The largest absolute Gasteiger partial charge is 0.496 e. The van der Waals surface area contributed by atoms with Crippen LogP contribution in [-0.2, 0) is 0 Å². The van der Waals surface area contributed by atoms with E-state index in [-0.39, 0.29) is 11.3 Å². The van der Waals surface area contributed by atoms with Crippen LogP contribution < -0.4 is 15.8 Å². The highest BCUT2D eigenvalue weighted by atomic mass is 35.5. The minimum Gasteiger partial charge on any atom is -0.496 e. The van der Waals surface area contributed by atoms with Gasteiger partial charge < -0.3 is 15.8 Å². The molecule has 6 heteroatoms. The number of halogens is 2. The van der Waals surface area contributed by atoms with Gasteiger partial charge in [-0.05, 0) is 36.8 Å². The van der Waals surface area contributed by atoms with Gasteiger partial charge >= 0.3 is 0 Å². The number of anilines is 2. The van der Waals surface area contributed by atoms with Gasteiger partial charge in [-0.3, -0.25) is 4.79 Å². The molecule has 0 aromatic heterocycles. The Hall–Kier alpha value is -2.27. The second kappa shape index (κ2) is 6.01. The van der Waals surface area contributed by atoms with Crippen LogP contribution in [0.4, 0.5) is 15.8 Å². The lowest BCUT2D eigenvalue weighted by Gasteiger charge is -2.13. The third kappa shape index (κ3) is 3.08. The summed E-state index contributed by atoms with van der Waals surface area (Å²) in [5, 5.41) is 2.93. The molecule has 4 nitrogen and oxygen atoms in total. The van der Waals surface area contributed by atoms with Crippen molar-refractivity contribution in [3.05, 3.63) is 52.3 Å². The highest BCUT2D eigenvalue weighted by Crippen LogP contribution is 2.28. The fraction of sp³-hybridized carbons (Fsp3) is 0.133. The average Bonchev–Trinajstić information content (AvgIpc) is 2.44. The topological polar surface area (TPSA) is 64.3 Å². The summed E-state index contributed by atoms with van der Waals surface area (Å²) < 4.78 is 18.9. The van der Waals surface area contributed by atoms with Crippen molar-refractivity contribution in [2.24, 2.45) is 0 Å². The van der Waals surface area contributed by atoms with Gasteiger partial charge in [0.15, 0.2) is 0 Å². The van der Waals surface area contributed by atoms with Crippen LogP contribution in [0.5, 0.6) is 5.75 Å². The number of nitrogens with two attached hydrogens (primary N) is 1. The zero-order chi connectivity index (χ0) is 15.6. The van der Waals surface area contributed by atoms with Gasteiger partial charge in [-0.25, -0.2) is 4.39 Å². The van der Waals surface area contributed by atoms with Gasteiger partial charge in [0, 0.05) is 5.69 Å². The van der Waals surface area contributed by atoms with Gasteiger partial charge in [0.1, 0.15) is 17.1 Å². The van der Waals surface area contributed by atoms with E-state index in [0.29, 0.717) is 16.4 Å². The molecule has 21 heavy (non-hydrogen) atoms. The molecule has 0 aliphatic heterocycles. The molecule has 1 amide bonds. The fourth-order valence-corrected chi connectivity index (χ4v) is 2.08. The monoisotopic (exact) mass is 308 g/mol. The predicted molar refractivity (Wildman–Crippen MR) is 81.5 cm³/mol. The standard InChI is InChI=1S/C15H14ClFN2O2/c1-8-6-11(18)9(16)7-12(8)19-15(20)14-10(17)4-3-5-13(14)21-2/h3-7H,18H2,1-2H3,(H,19,20). The lowest BCUT2D eigenvalue weighted by molar-refractivity contribution is 0.102. The molecule has 0 heterocycles. The molecular weight excluding hydrogens is 295 g/mol. The molecule has 0 unspecified atom stereocenters. The molecule has 0 radical (unpaired) electrons. The van der Waals surface area contributed by atoms with Gasteiger partial charge in [0.2, 0.25) is 0 Å². The highest BCUT2D eigenvalue weighted by Gasteiger charge is 2.18. The average molecular weight is 309 g/mol. The summed E-state index contributed by atoms with van der Waals surface area (Å²) in [6, 6.07) is 7.34. The fourth-order valence-electron chi connectivity index (χ4n) is 1.92. The van der Waals surface area contributed by atoms with Crippen molar-refractivity contribution in [1.29, 1.82) is 0 Å². The van der Waals surface area contributed by atoms with Crippen LogP contribution in [0.1, 0.15) is 15.9 Å². The summed E-state index contributed by atoms with van der Waals surface area (Å²) in [6.07, 6.45) is 0. The van der Waals surface area contributed by atoms with E-state index in [9.17, 15) is 9.18 Å². The number of ether oxygens (including phenoxy) is 1. The number of amides is 1. The van der Waals surface area contributed by atoms with Crippen molar-refractivity contribution in [3.63, 3.8) is 0 Å². The Bertz CT molecular complexity index is 704. The van der Waals surface area contributed by atoms with E-state index in [1.807, 2.05) is 0 Å². The Morgan fingerprint density at radius 2 is 2.10 bits per heavy atom. The minimum atomic E-state index is -0.661. The molecule has 0 atom stereocenters. The number of carbonyl (C=O) groups excluding carboxylic acids is 1. The molecule has 0 aliphatic rings. The molecule has 110 valence electrons. The maximum absolute atomic E-state index is 13.8. The molecule has 2 aromatic carbocycles. The molecule has 0 bridgehead atoms. The Morgan fingerprint density at radius 1 is 1.38 bits per heavy atom. The highest BCUT2D eigenvalue weighted by molar-refractivity contribution is 6.33. The van der Waals surface area contributed by atoms with Crippen LogP contribution >= 0.6 is 11.6 Å². The summed E-state index contributed by atoms with van der Waals surface area (Å²) >= 11 is 5.93. The molecule has 0 saturated heterocycles. The molecule has 0 aliphatic carbocycles. The van der Waals surface area contributed by atoms with Crippen LogP contribution in [-0.4, -0.2) is 13.0 Å². The number of methoxy groups -OCH3 is 1. The van der Waals surface area contributed by atoms with Crippen LogP contribution in [0.25, 0.3) is 0 Å². The number of hydrogen-bond donors (Lipinski definition) is 2. The third-order valence-corrected chi connectivity index (χ3v) is 3.34. The van der Waals surface area contributed by atoms with Gasteiger partial charge in [-0.15, -0.1) is 0 Å². The molecule has 3 N–H and O–H groups in total. The Balaban J connectivity index is 2.37. The van der Waals surface area contributed by atoms with Crippen molar-refractivity contribution in [2.75, 3.05) is 18.2 Å². The van der Waals surface area contributed by atoms with Crippen molar-refractivity contribution in [3.8, 4) is 5.75 Å². The van der Waals surface area contributed by atoms with E-state index in [1.165, 1.54) is 31.4 Å². The first kappa shape index (κ1) is 15.1. The molecule has 0 saturated carbocycles. The molecule has 0 fully saturated rings. The number of rotatable bonds is 3. The maximum Gasteiger partial charge on any atom is 0.262 e. The summed E-state index contributed by atoms with van der Waals surface area (Å²) in [4.78, 5) is 12.3. The van der Waals surface area contributed by atoms with Crippen LogP contribution in [0.2, 0.25) is 5.02 Å². The van der Waals surface area contributed by atoms with Crippen molar-refractivity contribution >= 4 is 28.9 Å². The molecule has 2 rings (SSSR count). The van der Waals surface area contributed by atoms with Gasteiger partial charge in [0.05, 0.1) is 17.8 Å². The summed E-state index contributed by atoms with van der Waals surface area (Å²) in [5.41, 5.74) is 7.11. The third-order valence-electron chi connectivity index (χ3n) is 3.01.